The molecule has 0 radical (unpaired) electrons. The Labute approximate surface area is 93.5 Å². The van der Waals surface area contributed by atoms with Crippen molar-refractivity contribution in [3.05, 3.63) is 28.6 Å². The van der Waals surface area contributed by atoms with Crippen LogP contribution in [0.25, 0.3) is 11.0 Å². The van der Waals surface area contributed by atoms with Crippen LogP contribution in [0.2, 0.25) is 0 Å². The Hall–Kier alpha value is -0.931. The van der Waals surface area contributed by atoms with Gasteiger partial charge in [-0.3, -0.25) is 0 Å². The van der Waals surface area contributed by atoms with Crippen molar-refractivity contribution in [3.63, 3.8) is 0 Å². The average Bonchev–Trinajstić information content (AvgIpc) is 2.49. The Morgan fingerprint density at radius 2 is 1.87 bits per heavy atom. The molecular weight excluding hydrogens is 265 g/mol. The van der Waals surface area contributed by atoms with Crippen LogP contribution in [0, 0.1) is 4.32 Å². The number of alkyl halides is 2. The van der Waals surface area contributed by atoms with Gasteiger partial charge in [-0.1, -0.05) is 0 Å². The first kappa shape index (κ1) is 10.6. The van der Waals surface area contributed by atoms with Gasteiger partial charge >= 0.3 is 93.1 Å². The Kier molecular flexibility index (Phi) is 2.76. The van der Waals surface area contributed by atoms with Crippen LogP contribution in [0.5, 0.6) is 0 Å². The van der Waals surface area contributed by atoms with Crippen LogP contribution in [0.3, 0.4) is 0 Å². The van der Waals surface area contributed by atoms with Gasteiger partial charge in [0.15, 0.2) is 0 Å². The molecule has 0 N–H and O–H groups in total. The maximum atomic E-state index is 12.8. The minimum atomic E-state index is -2.51. The molecule has 0 aliphatic rings. The molecule has 0 atom stereocenters. The number of aryl methyl sites for hydroxylation is 1. The molecule has 1 aromatic carbocycles. The summed E-state index contributed by atoms with van der Waals surface area (Å²) in [5.74, 6) is 0. The van der Waals surface area contributed by atoms with Crippen molar-refractivity contribution in [3.8, 4) is 0 Å². The Morgan fingerprint density at radius 3 is 2.40 bits per heavy atom. The van der Waals surface area contributed by atoms with Crippen LogP contribution < -0.4 is 0 Å². The second-order valence-electron chi connectivity index (χ2n) is 3.16. The summed E-state index contributed by atoms with van der Waals surface area (Å²) in [4.78, 5) is 0. The van der Waals surface area contributed by atoms with E-state index in [4.69, 9.17) is 0 Å². The van der Waals surface area contributed by atoms with Crippen molar-refractivity contribution in [1.82, 2.24) is 9.13 Å². The summed E-state index contributed by atoms with van der Waals surface area (Å²) in [6.07, 6.45) is 0. The van der Waals surface area contributed by atoms with Crippen molar-refractivity contribution >= 4 is 26.6 Å². The molecule has 0 saturated carbocycles. The summed E-state index contributed by atoms with van der Waals surface area (Å²) >= 11 is 2.71. The summed E-state index contributed by atoms with van der Waals surface area (Å²) in [6, 6.07) is 7.16. The quantitative estimate of drug-likeness (QED) is 0.745. The topological polar surface area (TPSA) is 9.86 Å². The SMILES string of the molecule is CCn1c(=[Se])n(C(F)F)c2ccccc21. The summed E-state index contributed by atoms with van der Waals surface area (Å²) in [7, 11) is 0. The number of fused-ring (bicyclic) bond motifs is 1. The Morgan fingerprint density at radius 1 is 1.27 bits per heavy atom. The number of imidazole rings is 1. The molecule has 0 bridgehead atoms. The third-order valence-corrected chi connectivity index (χ3v) is 3.26. The Balaban J connectivity index is 2.91. The van der Waals surface area contributed by atoms with Gasteiger partial charge < -0.3 is 0 Å². The number of hydrogen-bond donors (Lipinski definition) is 0. The molecule has 0 aliphatic heterocycles. The van der Waals surface area contributed by atoms with Gasteiger partial charge in [-0.05, 0) is 0 Å². The van der Waals surface area contributed by atoms with Crippen LogP contribution in [0.4, 0.5) is 8.78 Å². The molecule has 2 nitrogen and oxygen atoms in total. The van der Waals surface area contributed by atoms with Gasteiger partial charge in [0.1, 0.15) is 0 Å². The predicted octanol–water partition coefficient (Wildman–Crippen LogP) is 2.56. The van der Waals surface area contributed by atoms with E-state index in [2.05, 4.69) is 15.6 Å². The summed E-state index contributed by atoms with van der Waals surface area (Å²) in [5, 5.41) is 0. The third-order valence-electron chi connectivity index (χ3n) is 2.38. The summed E-state index contributed by atoms with van der Waals surface area (Å²) in [6.45, 7) is 0.0880. The van der Waals surface area contributed by atoms with E-state index in [9.17, 15) is 8.78 Å². The van der Waals surface area contributed by atoms with E-state index in [1.165, 1.54) is 0 Å². The average molecular weight is 275 g/mol. The molecule has 0 fully saturated rings. The van der Waals surface area contributed by atoms with Gasteiger partial charge in [0.25, 0.3) is 0 Å². The standard InChI is InChI=1S/C10H10F2N2Se/c1-2-13-7-5-3-4-6-8(7)14(9(11)12)10(13)15/h3-6,9H,2H2,1H3. The molecule has 1 heterocycles. The fourth-order valence-electron chi connectivity index (χ4n) is 1.73. The van der Waals surface area contributed by atoms with Gasteiger partial charge in [0.2, 0.25) is 0 Å². The number of nitrogens with zero attached hydrogens (tertiary/aromatic N) is 2. The number of halogens is 2. The van der Waals surface area contributed by atoms with Crippen LogP contribution >= 0.6 is 0 Å². The second kappa shape index (κ2) is 3.91. The van der Waals surface area contributed by atoms with Gasteiger partial charge in [0.05, 0.1) is 0 Å². The van der Waals surface area contributed by atoms with Crippen LogP contribution in [-0.2, 0) is 6.54 Å². The first-order valence-electron chi connectivity index (χ1n) is 4.64. The molecule has 0 amide bonds. The van der Waals surface area contributed by atoms with Gasteiger partial charge in [-0.2, -0.15) is 0 Å². The normalized spacial score (nSPS) is 11.5. The van der Waals surface area contributed by atoms with Crippen molar-refractivity contribution in [1.29, 1.82) is 0 Å². The zero-order valence-corrected chi connectivity index (χ0v) is 9.87. The van der Waals surface area contributed by atoms with Crippen molar-refractivity contribution in [2.45, 2.75) is 20.0 Å². The third kappa shape index (κ3) is 1.56. The fourth-order valence-corrected chi connectivity index (χ4v) is 2.58. The molecule has 80 valence electrons. The number of hydrogen-bond acceptors (Lipinski definition) is 0. The van der Waals surface area contributed by atoms with Gasteiger partial charge in [-0.15, -0.1) is 0 Å². The van der Waals surface area contributed by atoms with E-state index in [1.54, 1.807) is 12.1 Å². The van der Waals surface area contributed by atoms with Crippen LogP contribution in [-0.4, -0.2) is 24.7 Å². The maximum absolute atomic E-state index is 12.8. The molecule has 0 aliphatic carbocycles. The van der Waals surface area contributed by atoms with E-state index in [0.29, 0.717) is 16.4 Å². The van der Waals surface area contributed by atoms with Gasteiger partial charge in [-0.25, -0.2) is 0 Å². The summed E-state index contributed by atoms with van der Waals surface area (Å²) in [5.41, 5.74) is 1.39. The summed E-state index contributed by atoms with van der Waals surface area (Å²) < 4.78 is 29.0. The van der Waals surface area contributed by atoms with E-state index in [1.807, 2.05) is 23.6 Å². The molecule has 0 saturated heterocycles. The van der Waals surface area contributed by atoms with Crippen molar-refractivity contribution in [2.24, 2.45) is 0 Å². The van der Waals surface area contributed by atoms with E-state index >= 15 is 0 Å². The fraction of sp³-hybridized carbons (Fsp3) is 0.300. The first-order valence-corrected chi connectivity index (χ1v) is 5.50. The molecule has 5 heteroatoms. The zero-order chi connectivity index (χ0) is 11.0. The molecule has 0 spiro atoms. The van der Waals surface area contributed by atoms with Gasteiger partial charge in [0, 0.05) is 0 Å². The monoisotopic (exact) mass is 276 g/mol. The van der Waals surface area contributed by atoms with Crippen molar-refractivity contribution < 1.29 is 8.78 Å². The van der Waals surface area contributed by atoms with Crippen LogP contribution in [0.15, 0.2) is 24.3 Å². The number of rotatable bonds is 2. The molecule has 0 unspecified atom stereocenters. The Bertz CT molecular complexity index is 542. The number of benzene rings is 1. The minimum absolute atomic E-state index is 0.466. The van der Waals surface area contributed by atoms with E-state index < -0.39 is 6.55 Å². The molecule has 2 rings (SSSR count). The molecular formula is C10H10F2N2Se. The number of aromatic nitrogens is 2. The molecule has 2 aromatic rings. The van der Waals surface area contributed by atoms with E-state index in [0.717, 1.165) is 10.1 Å². The molecule has 15 heavy (non-hydrogen) atoms. The second-order valence-corrected chi connectivity index (χ2v) is 3.93. The predicted molar refractivity (Wildman–Crippen MR) is 55.9 cm³/mol. The van der Waals surface area contributed by atoms with Crippen molar-refractivity contribution in [2.75, 3.05) is 0 Å². The first-order chi connectivity index (χ1) is 7.16. The zero-order valence-electron chi connectivity index (χ0n) is 8.15. The molecule has 1 aromatic heterocycles. The van der Waals surface area contributed by atoms with E-state index in [-0.39, 0.29) is 0 Å². The van der Waals surface area contributed by atoms with Crippen LogP contribution in [0.1, 0.15) is 13.5 Å². The number of para-hydroxylation sites is 2.